The summed E-state index contributed by atoms with van der Waals surface area (Å²) in [7, 11) is 0. The van der Waals surface area contributed by atoms with Crippen molar-refractivity contribution in [2.75, 3.05) is 19.6 Å². The van der Waals surface area contributed by atoms with Crippen LogP contribution in [0, 0.1) is 0 Å². The Balaban J connectivity index is 1.31. The van der Waals surface area contributed by atoms with Gasteiger partial charge >= 0.3 is 0 Å². The summed E-state index contributed by atoms with van der Waals surface area (Å²) < 4.78 is 7.44. The number of hydrogen-bond donors (Lipinski definition) is 1. The van der Waals surface area contributed by atoms with Crippen LogP contribution in [0.2, 0.25) is 0 Å². The molecule has 7 nitrogen and oxygen atoms in total. The van der Waals surface area contributed by atoms with Crippen molar-refractivity contribution in [2.45, 2.75) is 57.1 Å². The fourth-order valence-electron chi connectivity index (χ4n) is 3.50. The highest BCUT2D eigenvalue weighted by Gasteiger charge is 2.26. The fourth-order valence-corrected chi connectivity index (χ4v) is 3.50. The lowest BCUT2D eigenvalue weighted by Crippen LogP contribution is -2.37. The fraction of sp³-hybridized carbons (Fsp3) is 0.706. The largest absolute Gasteiger partial charge is 0.448 e. The second-order valence-corrected chi connectivity index (χ2v) is 7.02. The first-order valence-corrected chi connectivity index (χ1v) is 8.99. The van der Waals surface area contributed by atoms with E-state index in [9.17, 15) is 5.11 Å². The summed E-state index contributed by atoms with van der Waals surface area (Å²) in [5.74, 6) is 1.57. The number of aliphatic hydroxyl groups is 1. The van der Waals surface area contributed by atoms with E-state index in [-0.39, 0.29) is 6.10 Å². The van der Waals surface area contributed by atoms with E-state index in [1.165, 1.54) is 19.3 Å². The van der Waals surface area contributed by atoms with Crippen molar-refractivity contribution >= 4 is 0 Å². The van der Waals surface area contributed by atoms with E-state index in [0.717, 1.165) is 56.0 Å². The second-order valence-electron chi connectivity index (χ2n) is 7.02. The van der Waals surface area contributed by atoms with Gasteiger partial charge in [-0.05, 0) is 25.7 Å². The van der Waals surface area contributed by atoms with Crippen LogP contribution in [0.4, 0.5) is 0 Å². The molecule has 3 heterocycles. The molecule has 4 rings (SSSR count). The van der Waals surface area contributed by atoms with Gasteiger partial charge in [0.25, 0.3) is 0 Å². The minimum absolute atomic E-state index is 0.116. The van der Waals surface area contributed by atoms with Gasteiger partial charge in [-0.1, -0.05) is 11.6 Å². The number of oxazole rings is 1. The van der Waals surface area contributed by atoms with E-state index < -0.39 is 0 Å². The van der Waals surface area contributed by atoms with Crippen molar-refractivity contribution < 1.29 is 9.52 Å². The van der Waals surface area contributed by atoms with Crippen molar-refractivity contribution in [3.05, 3.63) is 29.7 Å². The molecule has 1 saturated heterocycles. The molecule has 1 aliphatic carbocycles. The summed E-state index contributed by atoms with van der Waals surface area (Å²) in [6, 6.07) is 0. The van der Waals surface area contributed by atoms with Gasteiger partial charge in [0.2, 0.25) is 0 Å². The van der Waals surface area contributed by atoms with Gasteiger partial charge in [-0.25, -0.2) is 9.67 Å². The maximum atomic E-state index is 9.56. The standard InChI is InChI=1S/C17H25N5O2/c23-15-5-8-21(9-6-15)7-4-14-10-22(20-19-14)11-16-17(24-12-18-16)13-2-1-3-13/h10,12-13,15,23H,1-9,11H2. The number of hydrogen-bond acceptors (Lipinski definition) is 6. The molecule has 0 spiro atoms. The lowest BCUT2D eigenvalue weighted by atomic mass is 9.83. The van der Waals surface area contributed by atoms with Crippen LogP contribution in [-0.2, 0) is 13.0 Å². The summed E-state index contributed by atoms with van der Waals surface area (Å²) in [6.07, 6.45) is 9.78. The molecule has 0 atom stereocenters. The molecular weight excluding hydrogens is 306 g/mol. The first-order chi connectivity index (χ1) is 11.8. The van der Waals surface area contributed by atoms with Crippen LogP contribution in [0.15, 0.2) is 17.0 Å². The van der Waals surface area contributed by atoms with Crippen molar-refractivity contribution in [3.8, 4) is 0 Å². The lowest BCUT2D eigenvalue weighted by Gasteiger charge is -2.29. The van der Waals surface area contributed by atoms with Crippen LogP contribution < -0.4 is 0 Å². The summed E-state index contributed by atoms with van der Waals surface area (Å²) in [5.41, 5.74) is 2.00. The Bertz CT molecular complexity index is 655. The van der Waals surface area contributed by atoms with Gasteiger partial charge in [0.15, 0.2) is 6.39 Å². The first-order valence-electron chi connectivity index (χ1n) is 8.99. The Hall–Kier alpha value is -1.73. The number of piperidine rings is 1. The minimum Gasteiger partial charge on any atom is -0.448 e. The number of aromatic nitrogens is 4. The average molecular weight is 331 g/mol. The van der Waals surface area contributed by atoms with Gasteiger partial charge in [0.1, 0.15) is 11.5 Å². The molecule has 24 heavy (non-hydrogen) atoms. The third-order valence-electron chi connectivity index (χ3n) is 5.29. The average Bonchev–Trinajstić information content (AvgIpc) is 3.16. The molecular formula is C17H25N5O2. The molecule has 0 amide bonds. The molecule has 130 valence electrons. The highest BCUT2D eigenvalue weighted by molar-refractivity contribution is 5.15. The number of nitrogens with zero attached hydrogens (tertiary/aromatic N) is 5. The number of likely N-dealkylation sites (tertiary alicyclic amines) is 1. The Labute approximate surface area is 141 Å². The quantitative estimate of drug-likeness (QED) is 0.866. The zero-order valence-electron chi connectivity index (χ0n) is 14.0. The Morgan fingerprint density at radius 2 is 2.04 bits per heavy atom. The first kappa shape index (κ1) is 15.8. The minimum atomic E-state index is -0.116. The van der Waals surface area contributed by atoms with Crippen molar-refractivity contribution in [1.29, 1.82) is 0 Å². The SMILES string of the molecule is OC1CCN(CCc2cn(Cc3ncoc3C3CCC3)nn2)CC1. The maximum Gasteiger partial charge on any atom is 0.181 e. The van der Waals surface area contributed by atoms with E-state index in [2.05, 4.69) is 20.2 Å². The predicted octanol–water partition coefficient (Wildman–Crippen LogP) is 1.58. The van der Waals surface area contributed by atoms with Gasteiger partial charge < -0.3 is 14.4 Å². The highest BCUT2D eigenvalue weighted by atomic mass is 16.3. The zero-order valence-corrected chi connectivity index (χ0v) is 14.0. The van der Waals surface area contributed by atoms with E-state index in [1.54, 1.807) is 6.39 Å². The topological polar surface area (TPSA) is 80.2 Å². The summed E-state index contributed by atoms with van der Waals surface area (Å²) in [4.78, 5) is 6.75. The molecule has 0 unspecified atom stereocenters. The van der Waals surface area contributed by atoms with E-state index in [4.69, 9.17) is 4.42 Å². The van der Waals surface area contributed by atoms with Crippen LogP contribution in [0.25, 0.3) is 0 Å². The molecule has 1 N–H and O–H groups in total. The Kier molecular flexibility index (Phi) is 4.62. The van der Waals surface area contributed by atoms with Crippen LogP contribution in [-0.4, -0.2) is 55.7 Å². The maximum absolute atomic E-state index is 9.56. The molecule has 7 heteroatoms. The molecule has 1 aliphatic heterocycles. The van der Waals surface area contributed by atoms with Gasteiger partial charge in [0, 0.05) is 38.2 Å². The molecule has 2 aromatic heterocycles. The molecule has 0 radical (unpaired) electrons. The van der Waals surface area contributed by atoms with Crippen molar-refractivity contribution in [2.24, 2.45) is 0 Å². The van der Waals surface area contributed by atoms with Crippen molar-refractivity contribution in [3.63, 3.8) is 0 Å². The summed E-state index contributed by atoms with van der Waals surface area (Å²) in [6.45, 7) is 3.55. The van der Waals surface area contributed by atoms with E-state index >= 15 is 0 Å². The number of rotatable bonds is 6. The molecule has 2 fully saturated rings. The van der Waals surface area contributed by atoms with Gasteiger partial charge in [-0.3, -0.25) is 0 Å². The Morgan fingerprint density at radius 3 is 2.79 bits per heavy atom. The number of aliphatic hydroxyl groups excluding tert-OH is 1. The van der Waals surface area contributed by atoms with Crippen LogP contribution in [0.5, 0.6) is 0 Å². The lowest BCUT2D eigenvalue weighted by molar-refractivity contribution is 0.0831. The third-order valence-corrected chi connectivity index (χ3v) is 5.29. The highest BCUT2D eigenvalue weighted by Crippen LogP contribution is 2.37. The van der Waals surface area contributed by atoms with E-state index in [0.29, 0.717) is 12.5 Å². The zero-order chi connectivity index (χ0) is 16.4. The van der Waals surface area contributed by atoms with Gasteiger partial charge in [-0.15, -0.1) is 5.10 Å². The smallest absolute Gasteiger partial charge is 0.181 e. The van der Waals surface area contributed by atoms with Gasteiger partial charge in [0.05, 0.1) is 18.3 Å². The van der Waals surface area contributed by atoms with Crippen LogP contribution in [0.3, 0.4) is 0 Å². The molecule has 2 aromatic rings. The van der Waals surface area contributed by atoms with E-state index in [1.807, 2.05) is 10.9 Å². The molecule has 0 aromatic carbocycles. The third kappa shape index (κ3) is 3.52. The normalized spacial score (nSPS) is 20.4. The summed E-state index contributed by atoms with van der Waals surface area (Å²) >= 11 is 0. The molecule has 2 aliphatic rings. The van der Waals surface area contributed by atoms with Gasteiger partial charge in [-0.2, -0.15) is 0 Å². The molecule has 1 saturated carbocycles. The second kappa shape index (κ2) is 7.03. The monoisotopic (exact) mass is 331 g/mol. The Morgan fingerprint density at radius 1 is 1.21 bits per heavy atom. The van der Waals surface area contributed by atoms with Crippen LogP contribution in [0.1, 0.15) is 55.2 Å². The van der Waals surface area contributed by atoms with Crippen LogP contribution >= 0.6 is 0 Å². The predicted molar refractivity (Wildman–Crippen MR) is 87.6 cm³/mol. The molecule has 0 bridgehead atoms. The van der Waals surface area contributed by atoms with Crippen molar-refractivity contribution in [1.82, 2.24) is 24.9 Å². The summed E-state index contributed by atoms with van der Waals surface area (Å²) in [5, 5.41) is 18.1.